The van der Waals surface area contributed by atoms with E-state index in [-0.39, 0.29) is 22.5 Å². The van der Waals surface area contributed by atoms with Gasteiger partial charge in [-0.15, -0.1) is 0 Å². The molecular formula is C11H12BrN3O4. The number of carbonyl (C=O) groups excluding carboxylic acids is 2. The van der Waals surface area contributed by atoms with Crippen LogP contribution in [0.5, 0.6) is 0 Å². The van der Waals surface area contributed by atoms with Crippen molar-refractivity contribution in [3.8, 4) is 0 Å². The van der Waals surface area contributed by atoms with Gasteiger partial charge in [-0.2, -0.15) is 0 Å². The third-order valence-electron chi connectivity index (χ3n) is 2.30. The number of amides is 2. The summed E-state index contributed by atoms with van der Waals surface area (Å²) in [5.74, 6) is -1.50. The quantitative estimate of drug-likeness (QED) is 0.515. The van der Waals surface area contributed by atoms with E-state index in [1.807, 2.05) is 0 Å². The summed E-state index contributed by atoms with van der Waals surface area (Å²) >= 11 is 3.14. The number of nitrogens with one attached hydrogen (secondary N) is 1. The SMILES string of the molecule is CC(C)C(=O)NC(=O)c1cc([N+](=O)[O-])cnc1CBr. The van der Waals surface area contributed by atoms with E-state index in [0.717, 1.165) is 12.3 Å². The van der Waals surface area contributed by atoms with Crippen molar-refractivity contribution in [2.45, 2.75) is 19.2 Å². The van der Waals surface area contributed by atoms with Gasteiger partial charge in [0.05, 0.1) is 16.2 Å². The van der Waals surface area contributed by atoms with Crippen molar-refractivity contribution in [1.82, 2.24) is 10.3 Å². The van der Waals surface area contributed by atoms with E-state index >= 15 is 0 Å². The predicted molar refractivity (Wildman–Crippen MR) is 70.8 cm³/mol. The molecule has 0 unspecified atom stereocenters. The van der Waals surface area contributed by atoms with Gasteiger partial charge in [-0.3, -0.25) is 30.0 Å². The first-order chi connectivity index (χ1) is 8.86. The van der Waals surface area contributed by atoms with Gasteiger partial charge in [-0.1, -0.05) is 29.8 Å². The Bertz CT molecular complexity index is 531. The van der Waals surface area contributed by atoms with Crippen LogP contribution in [0.15, 0.2) is 12.3 Å². The summed E-state index contributed by atoms with van der Waals surface area (Å²) in [6, 6.07) is 1.10. The largest absolute Gasteiger partial charge is 0.292 e. The summed E-state index contributed by atoms with van der Waals surface area (Å²) in [6.45, 7) is 3.28. The molecule has 0 saturated carbocycles. The molecule has 1 N–H and O–H groups in total. The maximum absolute atomic E-state index is 11.9. The van der Waals surface area contributed by atoms with E-state index in [1.165, 1.54) is 0 Å². The Hall–Kier alpha value is -1.83. The van der Waals surface area contributed by atoms with Crippen LogP contribution in [0.3, 0.4) is 0 Å². The highest BCUT2D eigenvalue weighted by Gasteiger charge is 2.20. The summed E-state index contributed by atoms with van der Waals surface area (Å²) in [5.41, 5.74) is 0.0478. The Kier molecular flexibility index (Phi) is 5.11. The van der Waals surface area contributed by atoms with E-state index in [0.29, 0.717) is 5.69 Å². The van der Waals surface area contributed by atoms with Gasteiger partial charge in [0.25, 0.3) is 11.6 Å². The Balaban J connectivity index is 3.09. The van der Waals surface area contributed by atoms with Gasteiger partial charge in [-0.05, 0) is 0 Å². The number of hydrogen-bond donors (Lipinski definition) is 1. The van der Waals surface area contributed by atoms with Crippen LogP contribution in [0.25, 0.3) is 0 Å². The van der Waals surface area contributed by atoms with Gasteiger partial charge in [0.2, 0.25) is 5.91 Å². The second-order valence-electron chi connectivity index (χ2n) is 4.05. The highest BCUT2D eigenvalue weighted by molar-refractivity contribution is 9.08. The first-order valence-corrected chi connectivity index (χ1v) is 6.53. The van der Waals surface area contributed by atoms with Crippen molar-refractivity contribution >= 4 is 33.4 Å². The van der Waals surface area contributed by atoms with Crippen molar-refractivity contribution in [2.75, 3.05) is 0 Å². The Labute approximate surface area is 117 Å². The molecule has 0 aliphatic carbocycles. The maximum Gasteiger partial charge on any atom is 0.288 e. The molecule has 1 heterocycles. The van der Waals surface area contributed by atoms with Crippen LogP contribution in [-0.4, -0.2) is 21.7 Å². The molecule has 0 fully saturated rings. The van der Waals surface area contributed by atoms with Crippen molar-refractivity contribution < 1.29 is 14.5 Å². The molecular weight excluding hydrogens is 318 g/mol. The number of pyridine rings is 1. The second kappa shape index (κ2) is 6.37. The number of nitrogens with zero attached hydrogens (tertiary/aromatic N) is 2. The molecule has 1 rings (SSSR count). The number of alkyl halides is 1. The zero-order valence-corrected chi connectivity index (χ0v) is 11.9. The number of rotatable bonds is 4. The molecule has 2 amide bonds. The Morgan fingerprint density at radius 2 is 2.16 bits per heavy atom. The van der Waals surface area contributed by atoms with Crippen LogP contribution >= 0.6 is 15.9 Å². The van der Waals surface area contributed by atoms with Crippen LogP contribution in [0, 0.1) is 16.0 Å². The summed E-state index contributed by atoms with van der Waals surface area (Å²) in [7, 11) is 0. The minimum Gasteiger partial charge on any atom is -0.292 e. The summed E-state index contributed by atoms with van der Waals surface area (Å²) < 4.78 is 0. The van der Waals surface area contributed by atoms with Crippen molar-refractivity contribution in [3.63, 3.8) is 0 Å². The fourth-order valence-electron chi connectivity index (χ4n) is 1.21. The zero-order valence-electron chi connectivity index (χ0n) is 10.3. The molecule has 7 nitrogen and oxygen atoms in total. The Morgan fingerprint density at radius 1 is 1.53 bits per heavy atom. The lowest BCUT2D eigenvalue weighted by Crippen LogP contribution is -2.34. The molecule has 0 saturated heterocycles. The minimum atomic E-state index is -0.690. The standard InChI is InChI=1S/C11H12BrN3O4/c1-6(2)10(16)14-11(17)8-3-7(15(18)19)5-13-9(8)4-12/h3,5-6H,4H2,1-2H3,(H,14,16,17). The third kappa shape index (κ3) is 3.82. The molecule has 1 aromatic rings. The molecule has 0 aliphatic heterocycles. The highest BCUT2D eigenvalue weighted by atomic mass is 79.9. The number of hydrogen-bond acceptors (Lipinski definition) is 5. The predicted octanol–water partition coefficient (Wildman–Crippen LogP) is 1.80. The second-order valence-corrected chi connectivity index (χ2v) is 4.61. The van der Waals surface area contributed by atoms with E-state index < -0.39 is 16.7 Å². The highest BCUT2D eigenvalue weighted by Crippen LogP contribution is 2.17. The molecule has 0 radical (unpaired) electrons. The lowest BCUT2D eigenvalue weighted by molar-refractivity contribution is -0.385. The number of nitro groups is 1. The number of imide groups is 1. The minimum absolute atomic E-state index is 0.0140. The Morgan fingerprint density at radius 3 is 2.63 bits per heavy atom. The summed E-state index contributed by atoms with van der Waals surface area (Å²) in [6.07, 6.45) is 1.07. The molecule has 0 aromatic carbocycles. The molecule has 0 atom stereocenters. The topological polar surface area (TPSA) is 102 Å². The molecule has 0 aliphatic rings. The monoisotopic (exact) mass is 329 g/mol. The lowest BCUT2D eigenvalue weighted by Gasteiger charge is -2.08. The molecule has 0 spiro atoms. The molecule has 0 bridgehead atoms. The molecule has 102 valence electrons. The van der Waals surface area contributed by atoms with Crippen molar-refractivity contribution in [1.29, 1.82) is 0 Å². The fraction of sp³-hybridized carbons (Fsp3) is 0.364. The van der Waals surface area contributed by atoms with Crippen LogP contribution in [-0.2, 0) is 10.1 Å². The average molecular weight is 330 g/mol. The van der Waals surface area contributed by atoms with Gasteiger partial charge in [0, 0.05) is 17.3 Å². The van der Waals surface area contributed by atoms with Gasteiger partial charge in [-0.25, -0.2) is 0 Å². The van der Waals surface area contributed by atoms with E-state index in [9.17, 15) is 19.7 Å². The van der Waals surface area contributed by atoms with Crippen molar-refractivity contribution in [3.05, 3.63) is 33.6 Å². The number of carbonyl (C=O) groups is 2. The summed E-state index contributed by atoms with van der Waals surface area (Å²) in [5, 5.41) is 13.1. The average Bonchev–Trinajstić information content (AvgIpc) is 2.37. The first kappa shape index (κ1) is 15.2. The normalized spacial score (nSPS) is 10.3. The van der Waals surface area contributed by atoms with E-state index in [1.54, 1.807) is 13.8 Å². The molecule has 1 aromatic heterocycles. The third-order valence-corrected chi connectivity index (χ3v) is 2.83. The van der Waals surface area contributed by atoms with Gasteiger partial charge < -0.3 is 0 Å². The van der Waals surface area contributed by atoms with E-state index in [2.05, 4.69) is 26.2 Å². The van der Waals surface area contributed by atoms with Gasteiger partial charge in [0.1, 0.15) is 6.20 Å². The number of aromatic nitrogens is 1. The van der Waals surface area contributed by atoms with Crippen molar-refractivity contribution in [2.24, 2.45) is 5.92 Å². The number of halogens is 1. The van der Waals surface area contributed by atoms with Gasteiger partial charge in [0.15, 0.2) is 0 Å². The smallest absolute Gasteiger partial charge is 0.288 e. The fourth-order valence-corrected chi connectivity index (χ4v) is 1.66. The van der Waals surface area contributed by atoms with E-state index in [4.69, 9.17) is 0 Å². The van der Waals surface area contributed by atoms with Crippen LogP contribution in [0.4, 0.5) is 5.69 Å². The lowest BCUT2D eigenvalue weighted by atomic mass is 10.1. The van der Waals surface area contributed by atoms with Crippen LogP contribution < -0.4 is 5.32 Å². The van der Waals surface area contributed by atoms with Gasteiger partial charge >= 0.3 is 0 Å². The maximum atomic E-state index is 11.9. The molecule has 8 heteroatoms. The molecule has 19 heavy (non-hydrogen) atoms. The van der Waals surface area contributed by atoms with Crippen LogP contribution in [0.2, 0.25) is 0 Å². The zero-order chi connectivity index (χ0) is 14.6. The van der Waals surface area contributed by atoms with Crippen LogP contribution in [0.1, 0.15) is 29.9 Å². The summed E-state index contributed by atoms with van der Waals surface area (Å²) in [4.78, 5) is 37.2. The first-order valence-electron chi connectivity index (χ1n) is 5.41.